The first-order chi connectivity index (χ1) is 8.38. The van der Waals surface area contributed by atoms with Crippen molar-refractivity contribution in [2.24, 2.45) is 0 Å². The number of benzene rings is 2. The van der Waals surface area contributed by atoms with Crippen molar-refractivity contribution < 1.29 is 9.47 Å². The van der Waals surface area contributed by atoms with Crippen molar-refractivity contribution in [2.45, 2.75) is 13.2 Å². The minimum absolute atomic E-state index is 0.527. The van der Waals surface area contributed by atoms with Gasteiger partial charge in [0.2, 0.25) is 0 Å². The molecule has 0 spiro atoms. The molecule has 0 aliphatic heterocycles. The van der Waals surface area contributed by atoms with Crippen LogP contribution in [-0.4, -0.2) is 0 Å². The third kappa shape index (κ3) is 3.61. The molecule has 0 unspecified atom stereocenters. The third-order valence-electron chi connectivity index (χ3n) is 2.44. The van der Waals surface area contributed by atoms with E-state index in [-0.39, 0.29) is 0 Å². The molecule has 0 bridgehead atoms. The van der Waals surface area contributed by atoms with Crippen LogP contribution in [0.25, 0.3) is 0 Å². The monoisotopic (exact) mass is 227 g/mol. The highest BCUT2D eigenvalue weighted by molar-refractivity contribution is 5.27. The largest absolute Gasteiger partial charge is 0.489 e. The Kier molecular flexibility index (Phi) is 4.17. The first-order valence-electron chi connectivity index (χ1n) is 5.51. The first-order valence-corrected chi connectivity index (χ1v) is 5.51. The van der Waals surface area contributed by atoms with Crippen LogP contribution in [0.2, 0.25) is 0 Å². The summed E-state index contributed by atoms with van der Waals surface area (Å²) in [4.78, 5) is 0. The van der Waals surface area contributed by atoms with E-state index in [0.29, 0.717) is 13.2 Å². The van der Waals surface area contributed by atoms with Crippen LogP contribution < -0.4 is 4.74 Å². The summed E-state index contributed by atoms with van der Waals surface area (Å²) in [6.45, 7) is 1.12. The Labute approximate surface area is 102 Å². The predicted octanol–water partition coefficient (Wildman–Crippen LogP) is 3.57. The zero-order valence-electron chi connectivity index (χ0n) is 9.63. The maximum absolute atomic E-state index is 5.67. The highest BCUT2D eigenvalue weighted by atomic mass is 16.5. The molecule has 0 aromatic heterocycles. The Morgan fingerprint density at radius 1 is 0.765 bits per heavy atom. The van der Waals surface area contributed by atoms with Crippen molar-refractivity contribution in [3.8, 4) is 5.75 Å². The fourth-order valence-electron chi connectivity index (χ4n) is 1.54. The summed E-state index contributed by atoms with van der Waals surface area (Å²) in [6.07, 6.45) is 0. The zero-order valence-corrected chi connectivity index (χ0v) is 9.63. The summed E-state index contributed by atoms with van der Waals surface area (Å²) in [5, 5.41) is 0. The Hall–Kier alpha value is -1.80. The molecule has 2 aromatic rings. The standard InChI is InChI=1S/C15H15O2/c1-16-11-14-7-9-15(10-8-14)17-12-13-5-3-2-4-6-13/h2-10H,1,11-12H2. The van der Waals surface area contributed by atoms with Gasteiger partial charge in [0.15, 0.2) is 0 Å². The SMILES string of the molecule is [CH2]OCc1ccc(OCc2ccccc2)cc1. The maximum Gasteiger partial charge on any atom is 0.119 e. The average molecular weight is 227 g/mol. The number of ether oxygens (including phenoxy) is 2. The van der Waals surface area contributed by atoms with Crippen LogP contribution in [0.5, 0.6) is 5.75 Å². The molecule has 0 heterocycles. The number of rotatable bonds is 5. The minimum Gasteiger partial charge on any atom is -0.489 e. The summed E-state index contributed by atoms with van der Waals surface area (Å²) < 4.78 is 10.5. The van der Waals surface area contributed by atoms with Gasteiger partial charge in [-0.05, 0) is 23.3 Å². The van der Waals surface area contributed by atoms with Crippen LogP contribution in [0, 0.1) is 7.11 Å². The number of hydrogen-bond donors (Lipinski definition) is 0. The van der Waals surface area contributed by atoms with E-state index in [2.05, 4.69) is 7.11 Å². The van der Waals surface area contributed by atoms with Crippen molar-refractivity contribution >= 4 is 0 Å². The van der Waals surface area contributed by atoms with Crippen LogP contribution in [0.15, 0.2) is 54.6 Å². The topological polar surface area (TPSA) is 18.5 Å². The third-order valence-corrected chi connectivity index (χ3v) is 2.44. The molecule has 2 nitrogen and oxygen atoms in total. The van der Waals surface area contributed by atoms with Crippen LogP contribution in [0.1, 0.15) is 11.1 Å². The van der Waals surface area contributed by atoms with Gasteiger partial charge < -0.3 is 9.47 Å². The van der Waals surface area contributed by atoms with Crippen molar-refractivity contribution in [3.05, 3.63) is 72.8 Å². The zero-order chi connectivity index (χ0) is 11.9. The van der Waals surface area contributed by atoms with Gasteiger partial charge in [-0.1, -0.05) is 42.5 Å². The quantitative estimate of drug-likeness (QED) is 0.777. The van der Waals surface area contributed by atoms with Crippen molar-refractivity contribution in [2.75, 3.05) is 0 Å². The van der Waals surface area contributed by atoms with E-state index in [0.717, 1.165) is 16.9 Å². The number of hydrogen-bond acceptors (Lipinski definition) is 2. The molecule has 0 aliphatic carbocycles. The highest BCUT2D eigenvalue weighted by Crippen LogP contribution is 2.14. The molecule has 17 heavy (non-hydrogen) atoms. The molecule has 2 heteroatoms. The lowest BCUT2D eigenvalue weighted by Crippen LogP contribution is -1.95. The Bertz CT molecular complexity index is 434. The summed E-state index contributed by atoms with van der Waals surface area (Å²) >= 11 is 0. The van der Waals surface area contributed by atoms with Crippen molar-refractivity contribution in [3.63, 3.8) is 0 Å². The van der Waals surface area contributed by atoms with Gasteiger partial charge in [-0.3, -0.25) is 0 Å². The minimum atomic E-state index is 0.527. The van der Waals surface area contributed by atoms with E-state index in [1.54, 1.807) is 0 Å². The molecule has 2 rings (SSSR count). The molecule has 0 saturated heterocycles. The summed E-state index contributed by atoms with van der Waals surface area (Å²) in [6, 6.07) is 17.9. The van der Waals surface area contributed by atoms with E-state index >= 15 is 0 Å². The lowest BCUT2D eigenvalue weighted by atomic mass is 10.2. The maximum atomic E-state index is 5.67. The van der Waals surface area contributed by atoms with E-state index in [9.17, 15) is 0 Å². The van der Waals surface area contributed by atoms with Gasteiger partial charge in [0.05, 0.1) is 13.7 Å². The first kappa shape index (κ1) is 11.7. The molecule has 0 N–H and O–H groups in total. The Morgan fingerprint density at radius 3 is 2.06 bits per heavy atom. The van der Waals surface area contributed by atoms with Gasteiger partial charge >= 0.3 is 0 Å². The van der Waals surface area contributed by atoms with Gasteiger partial charge in [0, 0.05) is 0 Å². The second kappa shape index (κ2) is 6.06. The van der Waals surface area contributed by atoms with Gasteiger partial charge in [0.25, 0.3) is 0 Å². The van der Waals surface area contributed by atoms with Gasteiger partial charge in [0.1, 0.15) is 12.4 Å². The normalized spacial score (nSPS) is 10.2. The Morgan fingerprint density at radius 2 is 1.41 bits per heavy atom. The van der Waals surface area contributed by atoms with Crippen molar-refractivity contribution in [1.82, 2.24) is 0 Å². The fourth-order valence-corrected chi connectivity index (χ4v) is 1.54. The predicted molar refractivity (Wildman–Crippen MR) is 67.4 cm³/mol. The molecule has 0 saturated carbocycles. The lowest BCUT2D eigenvalue weighted by molar-refractivity contribution is 0.228. The highest BCUT2D eigenvalue weighted by Gasteiger charge is 1.96. The van der Waals surface area contributed by atoms with Gasteiger partial charge in [-0.25, -0.2) is 0 Å². The van der Waals surface area contributed by atoms with E-state index in [1.165, 1.54) is 0 Å². The van der Waals surface area contributed by atoms with Crippen molar-refractivity contribution in [1.29, 1.82) is 0 Å². The smallest absolute Gasteiger partial charge is 0.119 e. The van der Waals surface area contributed by atoms with Crippen LogP contribution in [0.4, 0.5) is 0 Å². The molecule has 2 aromatic carbocycles. The average Bonchev–Trinajstić information content (AvgIpc) is 2.40. The molecule has 87 valence electrons. The lowest BCUT2D eigenvalue weighted by Gasteiger charge is -2.07. The van der Waals surface area contributed by atoms with E-state index in [1.807, 2.05) is 54.6 Å². The molecule has 0 aliphatic rings. The van der Waals surface area contributed by atoms with Crippen LogP contribution >= 0.6 is 0 Å². The van der Waals surface area contributed by atoms with Crippen LogP contribution in [0.3, 0.4) is 0 Å². The summed E-state index contributed by atoms with van der Waals surface area (Å²) in [5.74, 6) is 0.863. The second-order valence-electron chi connectivity index (χ2n) is 3.77. The molecule has 0 atom stereocenters. The molecule has 1 radical (unpaired) electrons. The molecule has 0 fully saturated rings. The van der Waals surface area contributed by atoms with Crippen LogP contribution in [-0.2, 0) is 18.0 Å². The summed E-state index contributed by atoms with van der Waals surface area (Å²) in [7, 11) is 3.35. The Balaban J connectivity index is 1.91. The van der Waals surface area contributed by atoms with E-state index in [4.69, 9.17) is 9.47 Å². The van der Waals surface area contributed by atoms with Gasteiger partial charge in [-0.2, -0.15) is 0 Å². The fraction of sp³-hybridized carbons (Fsp3) is 0.133. The molecular formula is C15H15O2. The molecular weight excluding hydrogens is 212 g/mol. The molecule has 0 amide bonds. The second-order valence-corrected chi connectivity index (χ2v) is 3.77. The van der Waals surface area contributed by atoms with Gasteiger partial charge in [-0.15, -0.1) is 0 Å². The summed E-state index contributed by atoms with van der Waals surface area (Å²) in [5.41, 5.74) is 2.25. The van der Waals surface area contributed by atoms with E-state index < -0.39 is 0 Å².